The van der Waals surface area contributed by atoms with E-state index < -0.39 is 40.6 Å². The van der Waals surface area contributed by atoms with E-state index in [4.69, 9.17) is 0 Å². The largest absolute Gasteiger partial charge is 0.467 e. The number of carbonyl (C=O) groups is 1. The summed E-state index contributed by atoms with van der Waals surface area (Å²) in [7, 11) is 1.11. The van der Waals surface area contributed by atoms with E-state index in [0.29, 0.717) is 12.1 Å². The Balaban J connectivity index is 3.43. The van der Waals surface area contributed by atoms with Crippen LogP contribution < -0.4 is 0 Å². The molecule has 0 N–H and O–H groups in total. The molecule has 1 atom stereocenters. The van der Waals surface area contributed by atoms with Gasteiger partial charge in [0.15, 0.2) is 5.54 Å². The zero-order valence-electron chi connectivity index (χ0n) is 13.1. The van der Waals surface area contributed by atoms with Gasteiger partial charge in [0.25, 0.3) is 0 Å². The van der Waals surface area contributed by atoms with Crippen molar-refractivity contribution in [1.82, 2.24) is 0 Å². The van der Waals surface area contributed by atoms with Crippen molar-refractivity contribution in [2.75, 3.05) is 12.4 Å². The number of rotatable bonds is 5. The Bertz CT molecular complexity index is 618. The molecule has 0 spiro atoms. The van der Waals surface area contributed by atoms with Crippen LogP contribution in [-0.4, -0.2) is 30.2 Å². The summed E-state index contributed by atoms with van der Waals surface area (Å²) in [6, 6.07) is 1.09. The van der Waals surface area contributed by atoms with Crippen molar-refractivity contribution in [3.05, 3.63) is 34.9 Å². The van der Waals surface area contributed by atoms with Gasteiger partial charge in [-0.05, 0) is 30.2 Å². The lowest BCUT2D eigenvalue weighted by atomic mass is 9.99. The lowest BCUT2D eigenvalue weighted by Crippen LogP contribution is -2.39. The molecule has 0 aliphatic carbocycles. The molecule has 0 fully saturated rings. The fourth-order valence-electron chi connectivity index (χ4n) is 1.91. The fraction of sp³-hybridized carbons (Fsp3) is 0.467. The summed E-state index contributed by atoms with van der Waals surface area (Å²) in [6.07, 6.45) is -8.97. The van der Waals surface area contributed by atoms with Crippen LogP contribution in [0.5, 0.6) is 0 Å². The second-order valence-corrected chi connectivity index (χ2v) is 5.67. The molecular weight excluding hydrogens is 420 g/mol. The van der Waals surface area contributed by atoms with E-state index in [2.05, 4.69) is 25.7 Å². The van der Waals surface area contributed by atoms with Crippen molar-refractivity contribution >= 4 is 28.1 Å². The normalized spacial score (nSPS) is 15.2. The van der Waals surface area contributed by atoms with Gasteiger partial charge in [-0.1, -0.05) is 22.9 Å². The van der Waals surface area contributed by atoms with Gasteiger partial charge in [-0.3, -0.25) is 4.99 Å². The van der Waals surface area contributed by atoms with Crippen LogP contribution in [0.15, 0.2) is 23.2 Å². The van der Waals surface area contributed by atoms with Gasteiger partial charge in [-0.25, -0.2) is 4.79 Å². The van der Waals surface area contributed by atoms with Gasteiger partial charge in [0.2, 0.25) is 0 Å². The summed E-state index contributed by atoms with van der Waals surface area (Å²) in [5.74, 6) is -0.758. The maximum atomic E-state index is 12.8. The van der Waals surface area contributed by atoms with Crippen molar-refractivity contribution in [3.63, 3.8) is 0 Å². The molecule has 140 valence electrons. The number of hydrogen-bond donors (Lipinski definition) is 0. The predicted molar refractivity (Wildman–Crippen MR) is 82.9 cm³/mol. The lowest BCUT2D eigenvalue weighted by molar-refractivity contribution is -0.146. The Kier molecular flexibility index (Phi) is 6.66. The number of carbonyl (C=O) groups excluding carboxylic acids is 1. The zero-order valence-corrected chi connectivity index (χ0v) is 14.7. The molecule has 3 nitrogen and oxygen atoms in total. The fourth-order valence-corrected chi connectivity index (χ4v) is 2.68. The molecule has 1 rings (SSSR count). The summed E-state index contributed by atoms with van der Waals surface area (Å²) in [5.41, 5.74) is -4.78. The van der Waals surface area contributed by atoms with Gasteiger partial charge < -0.3 is 4.74 Å². The molecule has 25 heavy (non-hydrogen) atoms. The molecule has 0 heterocycles. The summed E-state index contributed by atoms with van der Waals surface area (Å²) < 4.78 is 81.6. The maximum absolute atomic E-state index is 12.8. The molecule has 0 aliphatic rings. The highest BCUT2D eigenvalue weighted by molar-refractivity contribution is 9.09. The third-order valence-electron chi connectivity index (χ3n) is 3.44. The highest BCUT2D eigenvalue weighted by Crippen LogP contribution is 2.36. The van der Waals surface area contributed by atoms with Crippen LogP contribution in [0.4, 0.5) is 26.3 Å². The van der Waals surface area contributed by atoms with Gasteiger partial charge in [0, 0.05) is 11.5 Å². The average Bonchev–Trinajstić information content (AvgIpc) is 2.54. The zero-order chi connectivity index (χ0) is 19.5. The van der Waals surface area contributed by atoms with Crippen molar-refractivity contribution in [3.8, 4) is 0 Å². The minimum Gasteiger partial charge on any atom is -0.467 e. The number of ether oxygens (including phenoxy) is 1. The van der Waals surface area contributed by atoms with Gasteiger partial charge in [0.1, 0.15) is 0 Å². The molecule has 0 radical (unpaired) electrons. The van der Waals surface area contributed by atoms with E-state index in [9.17, 15) is 31.1 Å². The summed E-state index contributed by atoms with van der Waals surface area (Å²) in [4.78, 5) is 15.7. The van der Waals surface area contributed by atoms with Crippen LogP contribution in [0.25, 0.3) is 0 Å². The maximum Gasteiger partial charge on any atom is 0.416 e. The SMILES string of the molecule is CCC(CBr)(N=Cc1cc(C(F)(F)F)cc(C(F)(F)F)c1)C(=O)OC. The van der Waals surface area contributed by atoms with Crippen LogP contribution in [0.3, 0.4) is 0 Å². The first-order valence-corrected chi connectivity index (χ1v) is 8.01. The third-order valence-corrected chi connectivity index (χ3v) is 4.37. The summed E-state index contributed by atoms with van der Waals surface area (Å²) >= 11 is 3.07. The van der Waals surface area contributed by atoms with E-state index in [0.717, 1.165) is 13.3 Å². The molecule has 0 amide bonds. The molecule has 1 aromatic carbocycles. The standard InChI is InChI=1S/C15H14BrF6NO2/c1-3-13(8-16,12(24)25-2)23-7-9-4-10(14(17,18)19)6-11(5-9)15(20,21)22/h4-7H,3,8H2,1-2H3. The number of nitrogens with zero attached hydrogens (tertiary/aromatic N) is 1. The van der Waals surface area contributed by atoms with E-state index in [-0.39, 0.29) is 17.8 Å². The second kappa shape index (κ2) is 7.76. The summed E-state index contributed by atoms with van der Waals surface area (Å²) in [6.45, 7) is 1.59. The smallest absolute Gasteiger partial charge is 0.416 e. The number of methoxy groups -OCH3 is 1. The molecule has 0 aliphatic heterocycles. The van der Waals surface area contributed by atoms with Crippen LogP contribution in [0.2, 0.25) is 0 Å². The number of alkyl halides is 7. The average molecular weight is 434 g/mol. The van der Waals surface area contributed by atoms with E-state index in [1.54, 1.807) is 6.92 Å². The molecule has 1 aromatic rings. The number of esters is 1. The molecule has 0 aromatic heterocycles. The third kappa shape index (κ3) is 5.20. The number of halogens is 7. The Morgan fingerprint density at radius 2 is 1.60 bits per heavy atom. The second-order valence-electron chi connectivity index (χ2n) is 5.11. The van der Waals surface area contributed by atoms with Crippen molar-refractivity contribution < 1.29 is 35.9 Å². The molecule has 10 heteroatoms. The van der Waals surface area contributed by atoms with Crippen LogP contribution >= 0.6 is 15.9 Å². The summed E-state index contributed by atoms with van der Waals surface area (Å²) in [5, 5.41) is -0.00916. The van der Waals surface area contributed by atoms with Crippen LogP contribution in [-0.2, 0) is 21.9 Å². The first kappa shape index (κ1) is 21.5. The van der Waals surface area contributed by atoms with Crippen molar-refractivity contribution in [1.29, 1.82) is 0 Å². The Hall–Kier alpha value is -1.58. The van der Waals surface area contributed by atoms with Gasteiger partial charge >= 0.3 is 18.3 Å². The number of hydrogen-bond acceptors (Lipinski definition) is 3. The molecule has 1 unspecified atom stereocenters. The molecule has 0 saturated heterocycles. The van der Waals surface area contributed by atoms with Crippen molar-refractivity contribution in [2.45, 2.75) is 31.2 Å². The van der Waals surface area contributed by atoms with E-state index in [1.807, 2.05) is 0 Å². The van der Waals surface area contributed by atoms with E-state index >= 15 is 0 Å². The topological polar surface area (TPSA) is 38.7 Å². The monoisotopic (exact) mass is 433 g/mol. The Morgan fingerprint density at radius 1 is 1.12 bits per heavy atom. The Morgan fingerprint density at radius 3 is 1.92 bits per heavy atom. The van der Waals surface area contributed by atoms with E-state index in [1.165, 1.54) is 0 Å². The van der Waals surface area contributed by atoms with Crippen LogP contribution in [0, 0.1) is 0 Å². The number of aliphatic imine (C=N–C) groups is 1. The molecular formula is C15H14BrF6NO2. The molecule has 0 bridgehead atoms. The molecule has 0 saturated carbocycles. The highest BCUT2D eigenvalue weighted by atomic mass is 79.9. The quantitative estimate of drug-likeness (QED) is 0.288. The first-order valence-electron chi connectivity index (χ1n) is 6.88. The van der Waals surface area contributed by atoms with Crippen molar-refractivity contribution in [2.24, 2.45) is 4.99 Å². The highest BCUT2D eigenvalue weighted by Gasteiger charge is 2.38. The van der Waals surface area contributed by atoms with Gasteiger partial charge in [0.05, 0.1) is 18.2 Å². The van der Waals surface area contributed by atoms with Crippen LogP contribution in [0.1, 0.15) is 30.0 Å². The van der Waals surface area contributed by atoms with Gasteiger partial charge in [-0.15, -0.1) is 0 Å². The van der Waals surface area contributed by atoms with Gasteiger partial charge in [-0.2, -0.15) is 26.3 Å². The Labute approximate surface area is 148 Å². The number of benzene rings is 1. The predicted octanol–water partition coefficient (Wildman–Crippen LogP) is 4.86. The minimum atomic E-state index is -4.95. The lowest BCUT2D eigenvalue weighted by Gasteiger charge is -2.23. The minimum absolute atomic E-state index is 0.00916. The first-order chi connectivity index (χ1) is 11.4.